The summed E-state index contributed by atoms with van der Waals surface area (Å²) < 4.78 is 22.7. The molecule has 3 fully saturated rings. The number of nitrogens with zero attached hydrogens (tertiary/aromatic N) is 2. The first kappa shape index (κ1) is 16.8. The minimum atomic E-state index is -3.45. The quantitative estimate of drug-likeness (QED) is 0.754. The fourth-order valence-electron chi connectivity index (χ4n) is 4.30. The third-order valence-corrected chi connectivity index (χ3v) is 7.12. The van der Waals surface area contributed by atoms with E-state index < -0.39 is 15.3 Å². The second-order valence-electron chi connectivity index (χ2n) is 7.30. The Morgan fingerprint density at radius 2 is 1.78 bits per heavy atom. The van der Waals surface area contributed by atoms with Gasteiger partial charge in [-0.2, -0.15) is 10.2 Å². The van der Waals surface area contributed by atoms with Gasteiger partial charge in [0.25, 0.3) is 0 Å². The third kappa shape index (κ3) is 3.57. The van der Waals surface area contributed by atoms with E-state index in [4.69, 9.17) is 5.14 Å². The van der Waals surface area contributed by atoms with Crippen molar-refractivity contribution in [2.75, 3.05) is 0 Å². The topological polar surface area (TPSA) is 114 Å². The van der Waals surface area contributed by atoms with Crippen LogP contribution >= 0.6 is 0 Å². The Morgan fingerprint density at radius 1 is 1.09 bits per heavy atom. The molecular weight excluding hydrogens is 316 g/mol. The Bertz CT molecular complexity index is 584. The molecule has 3 rings (SSSR count). The summed E-state index contributed by atoms with van der Waals surface area (Å²) in [7, 11) is -3.45. The van der Waals surface area contributed by atoms with Crippen LogP contribution in [0.5, 0.6) is 0 Å². The van der Waals surface area contributed by atoms with Crippen molar-refractivity contribution in [1.29, 1.82) is 0 Å². The van der Waals surface area contributed by atoms with E-state index in [1.54, 1.807) is 0 Å². The van der Waals surface area contributed by atoms with Gasteiger partial charge in [-0.05, 0) is 44.4 Å². The minimum absolute atomic E-state index is 0.00396. The van der Waals surface area contributed by atoms with Gasteiger partial charge in [0.1, 0.15) is 0 Å². The van der Waals surface area contributed by atoms with Gasteiger partial charge in [0.15, 0.2) is 6.04 Å². The van der Waals surface area contributed by atoms with E-state index in [0.29, 0.717) is 31.6 Å². The lowest BCUT2D eigenvalue weighted by atomic mass is 9.77. The maximum Gasteiger partial charge on any atom is 0.247 e. The Hall–Kier alpha value is -1.02. The zero-order valence-electron chi connectivity index (χ0n) is 13.5. The Kier molecular flexibility index (Phi) is 4.73. The maximum atomic E-state index is 12.2. The molecule has 2 aliphatic carbocycles. The van der Waals surface area contributed by atoms with Gasteiger partial charge < -0.3 is 5.32 Å². The van der Waals surface area contributed by atoms with Crippen LogP contribution < -0.4 is 10.5 Å². The van der Waals surface area contributed by atoms with Gasteiger partial charge in [0.2, 0.25) is 15.9 Å². The Morgan fingerprint density at radius 3 is 2.43 bits per heavy atom. The molecule has 3 aliphatic rings. The first-order valence-corrected chi connectivity index (χ1v) is 10.2. The number of primary sulfonamides is 1. The van der Waals surface area contributed by atoms with Crippen molar-refractivity contribution >= 4 is 15.9 Å². The molecule has 0 bridgehead atoms. The molecular formula is C15H26N4O3S. The largest absolute Gasteiger partial charge is 0.351 e. The summed E-state index contributed by atoms with van der Waals surface area (Å²) in [5.41, 5.74) is 0. The maximum absolute atomic E-state index is 12.2. The van der Waals surface area contributed by atoms with Crippen LogP contribution in [0.1, 0.15) is 51.9 Å². The molecule has 1 aliphatic heterocycles. The van der Waals surface area contributed by atoms with Gasteiger partial charge >= 0.3 is 0 Å². The number of carbonyl (C=O) groups is 1. The highest BCUT2D eigenvalue weighted by Gasteiger charge is 2.46. The first-order chi connectivity index (χ1) is 10.9. The Labute approximate surface area is 137 Å². The highest BCUT2D eigenvalue weighted by atomic mass is 32.2. The first-order valence-electron chi connectivity index (χ1n) is 8.58. The number of fused-ring (bicyclic) bond motifs is 1. The van der Waals surface area contributed by atoms with E-state index in [1.807, 2.05) is 0 Å². The highest BCUT2D eigenvalue weighted by Crippen LogP contribution is 2.37. The molecule has 0 aromatic rings. The van der Waals surface area contributed by atoms with Crippen molar-refractivity contribution in [2.24, 2.45) is 27.2 Å². The second-order valence-corrected chi connectivity index (χ2v) is 9.15. The van der Waals surface area contributed by atoms with Gasteiger partial charge in [0, 0.05) is 12.0 Å². The van der Waals surface area contributed by atoms with Gasteiger partial charge in [-0.1, -0.05) is 13.3 Å². The average molecular weight is 342 g/mol. The predicted octanol–water partition coefficient (Wildman–Crippen LogP) is 1.34. The number of nitrogens with one attached hydrogen (secondary N) is 1. The van der Waals surface area contributed by atoms with Crippen LogP contribution in [0, 0.1) is 11.8 Å². The van der Waals surface area contributed by atoms with Gasteiger partial charge in [-0.3, -0.25) is 4.79 Å². The summed E-state index contributed by atoms with van der Waals surface area (Å²) in [6, 6.07) is -0.113. The zero-order chi connectivity index (χ0) is 16.6. The van der Waals surface area contributed by atoms with Crippen molar-refractivity contribution in [2.45, 2.75) is 75.2 Å². The molecule has 1 heterocycles. The normalized spacial score (nSPS) is 41.7. The van der Waals surface area contributed by atoms with E-state index in [0.717, 1.165) is 19.3 Å². The molecule has 2 saturated carbocycles. The Balaban J connectivity index is 1.59. The molecule has 7 nitrogen and oxygen atoms in total. The van der Waals surface area contributed by atoms with E-state index in [-0.39, 0.29) is 30.0 Å². The van der Waals surface area contributed by atoms with Crippen LogP contribution in [0.15, 0.2) is 10.2 Å². The molecule has 1 amide bonds. The van der Waals surface area contributed by atoms with Crippen LogP contribution in [0.2, 0.25) is 0 Å². The fraction of sp³-hybridized carbons (Fsp3) is 0.933. The SMILES string of the molecule is CC1CCCC2C(N=NC3CCC(S(N)(=O)=O)CC3)C(=O)NC12. The lowest BCUT2D eigenvalue weighted by Gasteiger charge is -2.31. The molecule has 4 atom stereocenters. The van der Waals surface area contributed by atoms with Crippen LogP contribution in [0.3, 0.4) is 0 Å². The number of azo groups is 1. The van der Waals surface area contributed by atoms with Crippen molar-refractivity contribution in [3.8, 4) is 0 Å². The molecule has 23 heavy (non-hydrogen) atoms. The van der Waals surface area contributed by atoms with Crippen LogP contribution in [-0.2, 0) is 14.8 Å². The number of amides is 1. The fourth-order valence-corrected chi connectivity index (χ4v) is 5.23. The third-order valence-electron chi connectivity index (χ3n) is 5.72. The van der Waals surface area contributed by atoms with E-state index in [1.165, 1.54) is 0 Å². The average Bonchev–Trinajstić information content (AvgIpc) is 2.82. The second kappa shape index (κ2) is 6.47. The lowest BCUT2D eigenvalue weighted by Crippen LogP contribution is -2.38. The molecule has 8 heteroatoms. The number of hydrogen-bond donors (Lipinski definition) is 2. The standard InChI is InChI=1S/C15H26N4O3S/c1-9-3-2-4-12-13(9)17-15(20)14(12)19-18-10-5-7-11(8-6-10)23(16,21)22/h9-14H,2-8H2,1H3,(H,17,20)(H2,16,21,22). The van der Waals surface area contributed by atoms with Crippen molar-refractivity contribution in [1.82, 2.24) is 5.32 Å². The zero-order valence-corrected chi connectivity index (χ0v) is 14.3. The van der Waals surface area contributed by atoms with Gasteiger partial charge in [0.05, 0.1) is 11.3 Å². The molecule has 3 N–H and O–H groups in total. The van der Waals surface area contributed by atoms with E-state index in [2.05, 4.69) is 22.5 Å². The predicted molar refractivity (Wildman–Crippen MR) is 86.2 cm³/mol. The summed E-state index contributed by atoms with van der Waals surface area (Å²) in [6.45, 7) is 2.19. The number of nitrogens with two attached hydrogens (primary N) is 1. The molecule has 4 unspecified atom stereocenters. The van der Waals surface area contributed by atoms with Crippen LogP contribution in [-0.4, -0.2) is 37.7 Å². The highest BCUT2D eigenvalue weighted by molar-refractivity contribution is 7.89. The monoisotopic (exact) mass is 342 g/mol. The lowest BCUT2D eigenvalue weighted by molar-refractivity contribution is -0.120. The molecule has 0 radical (unpaired) electrons. The summed E-state index contributed by atoms with van der Waals surface area (Å²) in [6.07, 6.45) is 5.72. The van der Waals surface area contributed by atoms with Gasteiger partial charge in [-0.25, -0.2) is 13.6 Å². The summed E-state index contributed by atoms with van der Waals surface area (Å²) in [4.78, 5) is 12.2. The summed E-state index contributed by atoms with van der Waals surface area (Å²) in [5, 5.41) is 16.6. The van der Waals surface area contributed by atoms with Crippen molar-refractivity contribution in [3.05, 3.63) is 0 Å². The number of rotatable bonds is 3. The van der Waals surface area contributed by atoms with Gasteiger partial charge in [-0.15, -0.1) is 0 Å². The molecule has 0 spiro atoms. The molecule has 130 valence electrons. The summed E-state index contributed by atoms with van der Waals surface area (Å²) >= 11 is 0. The van der Waals surface area contributed by atoms with E-state index >= 15 is 0 Å². The number of sulfonamides is 1. The minimum Gasteiger partial charge on any atom is -0.351 e. The smallest absolute Gasteiger partial charge is 0.247 e. The van der Waals surface area contributed by atoms with Crippen molar-refractivity contribution < 1.29 is 13.2 Å². The number of hydrogen-bond acceptors (Lipinski definition) is 5. The van der Waals surface area contributed by atoms with Crippen LogP contribution in [0.4, 0.5) is 0 Å². The van der Waals surface area contributed by atoms with Crippen LogP contribution in [0.25, 0.3) is 0 Å². The summed E-state index contributed by atoms with van der Waals surface area (Å²) in [5.74, 6) is 0.759. The van der Waals surface area contributed by atoms with E-state index in [9.17, 15) is 13.2 Å². The number of carbonyl (C=O) groups excluding carboxylic acids is 1. The molecule has 0 aromatic heterocycles. The molecule has 0 aromatic carbocycles. The molecule has 1 saturated heterocycles. The van der Waals surface area contributed by atoms with Crippen molar-refractivity contribution in [3.63, 3.8) is 0 Å².